The Kier molecular flexibility index (Phi) is 8.95. The topological polar surface area (TPSA) is 128 Å². The molecule has 236 valence electrons. The van der Waals surface area contributed by atoms with E-state index >= 15 is 0 Å². The van der Waals surface area contributed by atoms with Crippen LogP contribution < -0.4 is 10.6 Å². The van der Waals surface area contributed by atoms with Crippen molar-refractivity contribution in [3.8, 4) is 6.07 Å². The number of nitrogens with zero attached hydrogens (tertiary/aromatic N) is 4. The van der Waals surface area contributed by atoms with Gasteiger partial charge in [-0.25, -0.2) is 13.8 Å². The lowest BCUT2D eigenvalue weighted by atomic mass is 9.81. The molecule has 0 saturated heterocycles. The van der Waals surface area contributed by atoms with E-state index in [1.807, 2.05) is 6.07 Å². The monoisotopic (exact) mass is 619 g/mol. The first kappa shape index (κ1) is 31.4. The van der Waals surface area contributed by atoms with E-state index in [1.54, 1.807) is 36.0 Å². The van der Waals surface area contributed by atoms with E-state index in [4.69, 9.17) is 0 Å². The number of hydrogen-bond donors (Lipinski definition) is 3. The van der Waals surface area contributed by atoms with Crippen LogP contribution in [0.2, 0.25) is 0 Å². The highest BCUT2D eigenvalue weighted by Crippen LogP contribution is 2.41. The molecule has 2 amide bonds. The third kappa shape index (κ3) is 7.54. The molecule has 2 saturated carbocycles. The van der Waals surface area contributed by atoms with Gasteiger partial charge in [-0.3, -0.25) is 14.3 Å². The molecular weight excluding hydrogens is 585 g/mol. The fourth-order valence-electron chi connectivity index (χ4n) is 5.84. The van der Waals surface area contributed by atoms with E-state index in [2.05, 4.69) is 25.7 Å². The van der Waals surface area contributed by atoms with Crippen LogP contribution in [0.3, 0.4) is 0 Å². The van der Waals surface area contributed by atoms with Gasteiger partial charge in [-0.05, 0) is 62.1 Å². The lowest BCUT2D eigenvalue weighted by molar-refractivity contribution is -0.144. The van der Waals surface area contributed by atoms with Gasteiger partial charge in [-0.2, -0.15) is 23.5 Å². The minimum absolute atomic E-state index is 0.0357. The molecule has 1 aromatic carbocycles. The van der Waals surface area contributed by atoms with Crippen molar-refractivity contribution in [3.05, 3.63) is 47.0 Å². The maximum Gasteiger partial charge on any atom is 0.389 e. The lowest BCUT2D eigenvalue weighted by Gasteiger charge is -2.33. The molecule has 9 nitrogen and oxygen atoms in total. The average Bonchev–Trinajstić information content (AvgIpc) is 3.56. The van der Waals surface area contributed by atoms with E-state index in [0.29, 0.717) is 34.9 Å². The standard InChI is InChI=1S/C30H34F5N7O2/c1-17(37-24(43)9-12-30(33,34)35)20-5-6-22-23(13-20)39-27(38-22)25(19-7-10-29(31,32)11-8-19)40-28(44)26-21(14-36)16-42(41-26)15-18-3-2-4-18/h5-6,13,16-19,25H,2-4,7-12,15H2,1H3,(H,37,43)(H,38,39)(H,40,44)/t17-,25+/m1/s1. The van der Waals surface area contributed by atoms with E-state index < -0.39 is 48.8 Å². The third-order valence-corrected chi connectivity index (χ3v) is 8.62. The second kappa shape index (κ2) is 12.5. The van der Waals surface area contributed by atoms with Gasteiger partial charge in [0.05, 0.1) is 29.5 Å². The van der Waals surface area contributed by atoms with Gasteiger partial charge in [-0.1, -0.05) is 12.5 Å². The number of carbonyl (C=O) groups excluding carboxylic acids is 2. The fraction of sp³-hybridized carbons (Fsp3) is 0.567. The van der Waals surface area contributed by atoms with Gasteiger partial charge in [0.1, 0.15) is 17.5 Å². The largest absolute Gasteiger partial charge is 0.389 e. The van der Waals surface area contributed by atoms with Crippen molar-refractivity contribution in [3.63, 3.8) is 0 Å². The van der Waals surface area contributed by atoms with Crippen molar-refractivity contribution < 1.29 is 31.5 Å². The second-order valence-corrected chi connectivity index (χ2v) is 12.0. The van der Waals surface area contributed by atoms with Gasteiger partial charge in [0.2, 0.25) is 11.8 Å². The number of imidazole rings is 1. The molecule has 3 N–H and O–H groups in total. The normalized spacial score (nSPS) is 18.8. The minimum Gasteiger partial charge on any atom is -0.350 e. The van der Waals surface area contributed by atoms with E-state index in [0.717, 1.165) is 19.3 Å². The molecule has 0 unspecified atom stereocenters. The summed E-state index contributed by atoms with van der Waals surface area (Å²) in [6.45, 7) is 2.25. The molecule has 2 atom stereocenters. The number of nitriles is 1. The highest BCUT2D eigenvalue weighted by atomic mass is 19.4. The number of aromatic nitrogens is 4. The lowest BCUT2D eigenvalue weighted by Crippen LogP contribution is -2.38. The molecule has 2 aromatic heterocycles. The van der Waals surface area contributed by atoms with Crippen molar-refractivity contribution in [2.24, 2.45) is 11.8 Å². The molecule has 2 aliphatic carbocycles. The van der Waals surface area contributed by atoms with Crippen LogP contribution in [0.4, 0.5) is 22.0 Å². The fourth-order valence-corrected chi connectivity index (χ4v) is 5.84. The van der Waals surface area contributed by atoms with E-state index in [1.165, 1.54) is 0 Å². The van der Waals surface area contributed by atoms with Crippen LogP contribution in [0.25, 0.3) is 11.0 Å². The molecule has 2 heterocycles. The minimum atomic E-state index is -4.43. The Morgan fingerprint density at radius 1 is 1.18 bits per heavy atom. The van der Waals surface area contributed by atoms with Gasteiger partial charge in [0.15, 0.2) is 5.69 Å². The second-order valence-electron chi connectivity index (χ2n) is 12.0. The predicted molar refractivity (Wildman–Crippen MR) is 149 cm³/mol. The van der Waals surface area contributed by atoms with Crippen LogP contribution in [0.5, 0.6) is 0 Å². The Hall–Kier alpha value is -4.02. The average molecular weight is 620 g/mol. The summed E-state index contributed by atoms with van der Waals surface area (Å²) < 4.78 is 67.2. The Labute approximate surface area is 250 Å². The first-order chi connectivity index (χ1) is 20.8. The summed E-state index contributed by atoms with van der Waals surface area (Å²) in [5, 5.41) is 19.5. The van der Waals surface area contributed by atoms with E-state index in [9.17, 15) is 36.8 Å². The van der Waals surface area contributed by atoms with Gasteiger partial charge >= 0.3 is 6.18 Å². The maximum atomic E-state index is 14.1. The molecule has 2 aliphatic rings. The van der Waals surface area contributed by atoms with Gasteiger partial charge in [0, 0.05) is 32.0 Å². The first-order valence-electron chi connectivity index (χ1n) is 14.8. The molecule has 5 rings (SSSR count). The van der Waals surface area contributed by atoms with Crippen LogP contribution in [-0.4, -0.2) is 43.7 Å². The number of H-pyrrole nitrogens is 1. The summed E-state index contributed by atoms with van der Waals surface area (Å²) in [5.41, 5.74) is 1.75. The predicted octanol–water partition coefficient (Wildman–Crippen LogP) is 6.25. The Morgan fingerprint density at radius 3 is 2.55 bits per heavy atom. The summed E-state index contributed by atoms with van der Waals surface area (Å²) in [5.74, 6) is -3.70. The molecule has 0 spiro atoms. The number of aromatic amines is 1. The Morgan fingerprint density at radius 2 is 1.91 bits per heavy atom. The van der Waals surface area contributed by atoms with Crippen molar-refractivity contribution in [2.45, 2.75) is 95.4 Å². The SMILES string of the molecule is C[C@@H](NC(=O)CCC(F)(F)F)c1ccc2nc([C@@H](NC(=O)c3nn(CC4CCC4)cc3C#N)C3CCC(F)(F)CC3)[nH]c2c1. The molecule has 0 radical (unpaired) electrons. The van der Waals surface area contributed by atoms with Crippen LogP contribution in [0, 0.1) is 23.2 Å². The number of benzene rings is 1. The first-order valence-corrected chi connectivity index (χ1v) is 14.8. The highest BCUT2D eigenvalue weighted by Gasteiger charge is 2.40. The summed E-state index contributed by atoms with van der Waals surface area (Å²) in [4.78, 5) is 33.3. The summed E-state index contributed by atoms with van der Waals surface area (Å²) >= 11 is 0. The highest BCUT2D eigenvalue weighted by molar-refractivity contribution is 5.94. The molecule has 0 bridgehead atoms. The molecule has 0 aliphatic heterocycles. The Bertz CT molecular complexity index is 1540. The zero-order valence-electron chi connectivity index (χ0n) is 24.2. The Balaban J connectivity index is 1.37. The molecule has 14 heteroatoms. The molecule has 3 aromatic rings. The van der Waals surface area contributed by atoms with Gasteiger partial charge in [-0.15, -0.1) is 0 Å². The number of carbonyl (C=O) groups is 2. The maximum absolute atomic E-state index is 14.1. The number of halogens is 5. The van der Waals surface area contributed by atoms with Crippen molar-refractivity contribution in [1.82, 2.24) is 30.4 Å². The number of nitrogens with one attached hydrogen (secondary N) is 3. The smallest absolute Gasteiger partial charge is 0.350 e. The summed E-state index contributed by atoms with van der Waals surface area (Å²) in [6.07, 6.45) is -1.90. The van der Waals surface area contributed by atoms with Crippen LogP contribution in [0.15, 0.2) is 24.4 Å². The zero-order valence-corrected chi connectivity index (χ0v) is 24.2. The number of fused-ring (bicyclic) bond motifs is 1. The van der Waals surface area contributed by atoms with Crippen LogP contribution in [0.1, 0.15) is 104 Å². The van der Waals surface area contributed by atoms with Crippen LogP contribution >= 0.6 is 0 Å². The van der Waals surface area contributed by atoms with Crippen LogP contribution in [-0.2, 0) is 11.3 Å². The molecule has 2 fully saturated rings. The number of rotatable bonds is 10. The summed E-state index contributed by atoms with van der Waals surface area (Å²) in [7, 11) is 0. The number of hydrogen-bond acceptors (Lipinski definition) is 5. The van der Waals surface area contributed by atoms with Crippen molar-refractivity contribution >= 4 is 22.8 Å². The van der Waals surface area contributed by atoms with Crippen molar-refractivity contribution in [1.29, 1.82) is 5.26 Å². The van der Waals surface area contributed by atoms with Gasteiger partial charge < -0.3 is 15.6 Å². The third-order valence-electron chi connectivity index (χ3n) is 8.62. The van der Waals surface area contributed by atoms with Gasteiger partial charge in [0.25, 0.3) is 5.91 Å². The quantitative estimate of drug-likeness (QED) is 0.231. The van der Waals surface area contributed by atoms with E-state index in [-0.39, 0.29) is 42.9 Å². The zero-order chi connectivity index (χ0) is 31.6. The molecule has 44 heavy (non-hydrogen) atoms. The summed E-state index contributed by atoms with van der Waals surface area (Å²) in [6, 6.07) is 5.71. The number of alkyl halides is 5. The van der Waals surface area contributed by atoms with Crippen molar-refractivity contribution in [2.75, 3.05) is 0 Å². The number of amides is 2. The molecular formula is C30H34F5N7O2.